The minimum Gasteiger partial charge on any atom is -0.305 e. The third kappa shape index (κ3) is 5.37. The van der Waals surface area contributed by atoms with Crippen molar-refractivity contribution < 1.29 is 21.1 Å². The van der Waals surface area contributed by atoms with Crippen molar-refractivity contribution in [1.29, 1.82) is 0 Å². The smallest absolute Gasteiger partial charge is 0.305 e. The van der Waals surface area contributed by atoms with Gasteiger partial charge in [-0.2, -0.15) is 0 Å². The molecule has 4 aromatic carbocycles. The first-order chi connectivity index (χ1) is 21.6. The molecule has 0 saturated carbocycles. The van der Waals surface area contributed by atoms with Gasteiger partial charge in [0, 0.05) is 17.8 Å². The van der Waals surface area contributed by atoms with Crippen molar-refractivity contribution in [3.05, 3.63) is 167 Å². The number of pyridine rings is 2. The van der Waals surface area contributed by atoms with Gasteiger partial charge in [0.2, 0.25) is 0 Å². The van der Waals surface area contributed by atoms with Gasteiger partial charge in [-0.3, -0.25) is 0 Å². The molecule has 2 heterocycles. The number of hydrogen-bond donors (Lipinski definition) is 0. The summed E-state index contributed by atoms with van der Waals surface area (Å²) in [7, 11) is 0. The summed E-state index contributed by atoms with van der Waals surface area (Å²) in [4.78, 5) is 9.59. The van der Waals surface area contributed by atoms with Crippen molar-refractivity contribution in [2.75, 3.05) is 0 Å². The first-order valence-corrected chi connectivity index (χ1v) is 15.8. The van der Waals surface area contributed by atoms with Crippen LogP contribution in [-0.4, -0.2) is 9.97 Å². The van der Waals surface area contributed by atoms with E-state index < -0.39 is 5.41 Å². The summed E-state index contributed by atoms with van der Waals surface area (Å²) < 4.78 is 0. The fourth-order valence-electron chi connectivity index (χ4n) is 6.71. The second kappa shape index (κ2) is 11.9. The molecule has 0 saturated heterocycles. The van der Waals surface area contributed by atoms with Gasteiger partial charge in [-0.1, -0.05) is 108 Å². The molecule has 3 heteroatoms. The fraction of sp³-hybridized carbons (Fsp3) is 0.209. The van der Waals surface area contributed by atoms with E-state index in [-0.39, 0.29) is 31.9 Å². The van der Waals surface area contributed by atoms with E-state index in [0.717, 1.165) is 33.6 Å². The molecule has 0 unspecified atom stereocenters. The molecule has 0 radical (unpaired) electrons. The van der Waals surface area contributed by atoms with Gasteiger partial charge in [0.1, 0.15) is 0 Å². The molecule has 6 aromatic rings. The van der Waals surface area contributed by atoms with E-state index in [1.165, 1.54) is 33.4 Å². The molecule has 0 spiro atoms. The first-order valence-electron chi connectivity index (χ1n) is 15.8. The second-order valence-corrected chi connectivity index (χ2v) is 14.2. The molecule has 2 aromatic heterocycles. The zero-order valence-corrected chi connectivity index (χ0v) is 29.5. The van der Waals surface area contributed by atoms with Gasteiger partial charge in [-0.05, 0) is 62.2 Å². The number of benzene rings is 4. The molecule has 0 bridgehead atoms. The third-order valence-electron chi connectivity index (χ3n) is 9.13. The Hall–Kier alpha value is -4.13. The fourth-order valence-corrected chi connectivity index (χ4v) is 6.71. The predicted octanol–water partition coefficient (Wildman–Crippen LogP) is 10.4. The average molecular weight is 778 g/mol. The molecule has 1 aliphatic carbocycles. The Morgan fingerprint density at radius 1 is 0.500 bits per heavy atom. The number of hydrogen-bond acceptors (Lipinski definition) is 2. The summed E-state index contributed by atoms with van der Waals surface area (Å²) >= 11 is 0. The van der Waals surface area contributed by atoms with Crippen LogP contribution in [0.2, 0.25) is 0 Å². The molecule has 1 aliphatic rings. The number of fused-ring (bicyclic) bond motifs is 3. The average Bonchev–Trinajstić information content (AvgIpc) is 3.36. The van der Waals surface area contributed by atoms with Gasteiger partial charge in [-0.25, -0.2) is 0 Å². The summed E-state index contributed by atoms with van der Waals surface area (Å²) in [5.74, 6) is 0. The Kier molecular flexibility index (Phi) is 8.24. The van der Waals surface area contributed by atoms with Crippen LogP contribution in [0.4, 0.5) is 0 Å². The van der Waals surface area contributed by atoms with Crippen molar-refractivity contribution >= 4 is 0 Å². The Morgan fingerprint density at radius 3 is 1.74 bits per heavy atom. The summed E-state index contributed by atoms with van der Waals surface area (Å²) in [5, 5.41) is 0. The SMILES string of the molecule is CC(C)(C)c1cc(-c2ccccn2)[c-]c(C2(c3[c-]c(-c4cc(C(C)(C)C)ccn4)ccc3)c3ccccc3-c3ccccc32)c1.[Pt+2]. The molecule has 46 heavy (non-hydrogen) atoms. The van der Waals surface area contributed by atoms with Crippen molar-refractivity contribution in [3.8, 4) is 33.6 Å². The van der Waals surface area contributed by atoms with Crippen LogP contribution in [0.3, 0.4) is 0 Å². The Morgan fingerprint density at radius 2 is 1.11 bits per heavy atom. The molecular formula is C43H38N2Pt. The standard InChI is InChI=1S/C43H38N2.Pt/c1-41(2,3)31-21-23-45-40(28-31)29-14-13-15-32(24-29)43(37-18-9-7-16-35(37)36-17-8-10-19-38(36)43)34-26-30(39-20-11-12-22-44-39)25-33(27-34)42(4,5)6;/h7-23,25,27-28H,1-6H3;/q-2;+2. The predicted molar refractivity (Wildman–Crippen MR) is 185 cm³/mol. The molecular weight excluding hydrogens is 740 g/mol. The third-order valence-corrected chi connectivity index (χ3v) is 9.13. The van der Waals surface area contributed by atoms with Crippen molar-refractivity contribution in [3.63, 3.8) is 0 Å². The number of rotatable bonds is 4. The minimum absolute atomic E-state index is 0. The molecule has 0 fully saturated rings. The molecule has 0 atom stereocenters. The van der Waals surface area contributed by atoms with Crippen LogP contribution in [0, 0.1) is 12.1 Å². The Labute approximate surface area is 288 Å². The van der Waals surface area contributed by atoms with Crippen LogP contribution >= 0.6 is 0 Å². The normalized spacial score (nSPS) is 13.4. The molecule has 2 nitrogen and oxygen atoms in total. The second-order valence-electron chi connectivity index (χ2n) is 14.2. The van der Waals surface area contributed by atoms with Crippen molar-refractivity contribution in [2.45, 2.75) is 57.8 Å². The van der Waals surface area contributed by atoms with Crippen LogP contribution in [0.25, 0.3) is 33.6 Å². The van der Waals surface area contributed by atoms with Crippen molar-refractivity contribution in [1.82, 2.24) is 9.97 Å². The van der Waals surface area contributed by atoms with E-state index in [1.807, 2.05) is 24.5 Å². The quantitative estimate of drug-likeness (QED) is 0.166. The molecule has 0 amide bonds. The summed E-state index contributed by atoms with van der Waals surface area (Å²) in [6, 6.07) is 47.1. The van der Waals surface area contributed by atoms with Gasteiger partial charge >= 0.3 is 21.1 Å². The maximum absolute atomic E-state index is 4.83. The van der Waals surface area contributed by atoms with Crippen LogP contribution in [0.15, 0.2) is 122 Å². The zero-order valence-electron chi connectivity index (χ0n) is 27.3. The van der Waals surface area contributed by atoms with Gasteiger partial charge < -0.3 is 9.97 Å². The summed E-state index contributed by atoms with van der Waals surface area (Å²) in [6.07, 6.45) is 3.78. The molecule has 230 valence electrons. The van der Waals surface area contributed by atoms with Crippen LogP contribution in [0.1, 0.15) is 74.9 Å². The van der Waals surface area contributed by atoms with Crippen LogP contribution in [-0.2, 0) is 37.3 Å². The molecule has 7 rings (SSSR count). The minimum atomic E-state index is -0.643. The Balaban J connectivity index is 0.00000372. The van der Waals surface area contributed by atoms with E-state index in [1.54, 1.807) is 0 Å². The monoisotopic (exact) mass is 777 g/mol. The first kappa shape index (κ1) is 31.8. The van der Waals surface area contributed by atoms with Gasteiger partial charge in [0.05, 0.1) is 0 Å². The Bertz CT molecular complexity index is 1980. The van der Waals surface area contributed by atoms with Gasteiger partial charge in [0.15, 0.2) is 0 Å². The number of aromatic nitrogens is 2. The maximum Gasteiger partial charge on any atom is 2.00 e. The van der Waals surface area contributed by atoms with E-state index in [2.05, 4.69) is 151 Å². The summed E-state index contributed by atoms with van der Waals surface area (Å²) in [5.41, 5.74) is 12.8. The molecule has 0 aliphatic heterocycles. The van der Waals surface area contributed by atoms with Crippen LogP contribution in [0.5, 0.6) is 0 Å². The van der Waals surface area contributed by atoms with Crippen LogP contribution < -0.4 is 0 Å². The largest absolute Gasteiger partial charge is 2.00 e. The van der Waals surface area contributed by atoms with Gasteiger partial charge in [-0.15, -0.1) is 70.3 Å². The van der Waals surface area contributed by atoms with Crippen molar-refractivity contribution in [2.24, 2.45) is 0 Å². The molecule has 0 N–H and O–H groups in total. The van der Waals surface area contributed by atoms with E-state index >= 15 is 0 Å². The zero-order chi connectivity index (χ0) is 31.4. The maximum atomic E-state index is 4.83. The van der Waals surface area contributed by atoms with E-state index in [4.69, 9.17) is 9.97 Å². The van der Waals surface area contributed by atoms with E-state index in [9.17, 15) is 0 Å². The summed E-state index contributed by atoms with van der Waals surface area (Å²) in [6.45, 7) is 13.6. The topological polar surface area (TPSA) is 25.8 Å². The van der Waals surface area contributed by atoms with E-state index in [0.29, 0.717) is 0 Å². The number of nitrogens with zero attached hydrogens (tertiary/aromatic N) is 2. The van der Waals surface area contributed by atoms with Gasteiger partial charge in [0.25, 0.3) is 0 Å².